The lowest BCUT2D eigenvalue weighted by atomic mass is 9.84. The molecule has 6 rings (SSSR count). The summed E-state index contributed by atoms with van der Waals surface area (Å²) in [5, 5.41) is 1.40. The first-order chi connectivity index (χ1) is 17.6. The molecule has 0 radical (unpaired) electrons. The number of fused-ring (bicyclic) bond motifs is 1. The number of rotatable bonds is 3. The summed E-state index contributed by atoms with van der Waals surface area (Å²) >= 11 is 13.8. The van der Waals surface area contributed by atoms with Gasteiger partial charge in [-0.05, 0) is 83.5 Å². The highest BCUT2D eigenvalue weighted by atomic mass is 35.5. The van der Waals surface area contributed by atoms with Gasteiger partial charge in [0.15, 0.2) is 4.80 Å². The lowest BCUT2D eigenvalue weighted by Gasteiger charge is -2.31. The van der Waals surface area contributed by atoms with Crippen LogP contribution in [0.25, 0.3) is 12.2 Å². The number of halogens is 2. The fourth-order valence-corrected chi connectivity index (χ4v) is 6.22. The highest BCUT2D eigenvalue weighted by Crippen LogP contribution is 2.41. The molecule has 1 aliphatic carbocycles. The normalized spacial score (nSPS) is 18.7. The van der Waals surface area contributed by atoms with Gasteiger partial charge in [-0.15, -0.1) is 0 Å². The highest BCUT2D eigenvalue weighted by Gasteiger charge is 2.32. The van der Waals surface area contributed by atoms with E-state index in [1.807, 2.05) is 89.5 Å². The summed E-state index contributed by atoms with van der Waals surface area (Å²) in [6.45, 7) is 0. The second-order valence-electron chi connectivity index (χ2n) is 8.99. The third-order valence-electron chi connectivity index (χ3n) is 6.63. The molecule has 178 valence electrons. The van der Waals surface area contributed by atoms with Gasteiger partial charge in [0.1, 0.15) is 0 Å². The van der Waals surface area contributed by atoms with Gasteiger partial charge in [-0.2, -0.15) is 0 Å². The lowest BCUT2D eigenvalue weighted by Crippen LogP contribution is -2.39. The van der Waals surface area contributed by atoms with Crippen molar-refractivity contribution >= 4 is 46.7 Å². The molecule has 3 aromatic carbocycles. The van der Waals surface area contributed by atoms with Crippen molar-refractivity contribution in [1.29, 1.82) is 0 Å². The van der Waals surface area contributed by atoms with E-state index in [-0.39, 0.29) is 11.6 Å². The predicted octanol–water partition coefficient (Wildman–Crippen LogP) is 6.79. The van der Waals surface area contributed by atoms with Crippen molar-refractivity contribution in [1.82, 2.24) is 4.57 Å². The van der Waals surface area contributed by atoms with Crippen LogP contribution in [0.3, 0.4) is 0 Å². The Bertz CT molecular complexity index is 1680. The molecule has 0 spiro atoms. The van der Waals surface area contributed by atoms with Gasteiger partial charge < -0.3 is 0 Å². The average molecular weight is 529 g/mol. The van der Waals surface area contributed by atoms with Crippen molar-refractivity contribution in [3.8, 4) is 0 Å². The number of benzene rings is 3. The van der Waals surface area contributed by atoms with Gasteiger partial charge in [-0.3, -0.25) is 9.36 Å². The first-order valence-corrected chi connectivity index (χ1v) is 13.5. The van der Waals surface area contributed by atoms with E-state index in [0.29, 0.717) is 9.55 Å². The van der Waals surface area contributed by atoms with Gasteiger partial charge in [-0.1, -0.05) is 89.1 Å². The van der Waals surface area contributed by atoms with Gasteiger partial charge in [0.25, 0.3) is 5.56 Å². The summed E-state index contributed by atoms with van der Waals surface area (Å²) in [6.07, 6.45) is 7.00. The molecule has 1 aromatic heterocycles. The van der Waals surface area contributed by atoms with E-state index in [0.717, 1.165) is 51.5 Å². The van der Waals surface area contributed by atoms with E-state index in [1.165, 1.54) is 22.5 Å². The van der Waals surface area contributed by atoms with Gasteiger partial charge in [0.2, 0.25) is 0 Å². The van der Waals surface area contributed by atoms with Gasteiger partial charge >= 0.3 is 0 Å². The molecule has 1 atom stereocenters. The van der Waals surface area contributed by atoms with Gasteiger partial charge in [0.05, 0.1) is 16.3 Å². The Morgan fingerprint density at radius 1 is 0.833 bits per heavy atom. The Hall–Kier alpha value is -3.18. The number of nitrogens with zero attached hydrogens (tertiary/aromatic N) is 2. The van der Waals surface area contributed by atoms with Crippen LogP contribution in [0.4, 0.5) is 0 Å². The van der Waals surface area contributed by atoms with E-state index in [1.54, 1.807) is 0 Å². The standard InChI is InChI=1S/C30H22Cl2N2OS/c31-23-13-9-20(10-14-23)17-22-7-4-8-25-27(22)33-30-34(28(25)21-11-15-24(32)16-12-21)29(35)26(36-30)18-19-5-2-1-3-6-19/h1-3,5-6,9-18,28H,4,7-8H2/b22-17-,26-18+. The fourth-order valence-electron chi connectivity index (χ4n) is 4.96. The quantitative estimate of drug-likeness (QED) is 0.288. The third-order valence-corrected chi connectivity index (χ3v) is 8.11. The Kier molecular flexibility index (Phi) is 6.26. The number of allylic oxidation sites excluding steroid dienone is 2. The zero-order valence-corrected chi connectivity index (χ0v) is 21.7. The lowest BCUT2D eigenvalue weighted by molar-refractivity contribution is 0.553. The van der Waals surface area contributed by atoms with Gasteiger partial charge in [0, 0.05) is 10.0 Å². The highest BCUT2D eigenvalue weighted by molar-refractivity contribution is 7.07. The van der Waals surface area contributed by atoms with Crippen LogP contribution in [0, 0.1) is 0 Å². The van der Waals surface area contributed by atoms with Crippen molar-refractivity contribution in [3.63, 3.8) is 0 Å². The molecule has 0 saturated carbocycles. The van der Waals surface area contributed by atoms with Gasteiger partial charge in [-0.25, -0.2) is 4.99 Å². The van der Waals surface area contributed by atoms with Crippen LogP contribution in [0.1, 0.15) is 42.0 Å². The molecule has 2 aliphatic rings. The van der Waals surface area contributed by atoms with Crippen molar-refractivity contribution in [3.05, 3.63) is 142 Å². The zero-order chi connectivity index (χ0) is 24.6. The minimum absolute atomic E-state index is 0.0112. The molecule has 0 bridgehead atoms. The minimum Gasteiger partial charge on any atom is -0.272 e. The first-order valence-electron chi connectivity index (χ1n) is 11.9. The summed E-state index contributed by atoms with van der Waals surface area (Å²) < 4.78 is 2.55. The summed E-state index contributed by atoms with van der Waals surface area (Å²) in [5.41, 5.74) is 6.50. The van der Waals surface area contributed by atoms with E-state index in [9.17, 15) is 4.79 Å². The average Bonchev–Trinajstić information content (AvgIpc) is 3.20. The summed E-state index contributed by atoms with van der Waals surface area (Å²) in [6, 6.07) is 25.4. The third kappa shape index (κ3) is 4.41. The number of thiazole rings is 1. The Morgan fingerprint density at radius 3 is 2.22 bits per heavy atom. The number of aromatic nitrogens is 1. The topological polar surface area (TPSA) is 34.4 Å². The summed E-state index contributed by atoms with van der Waals surface area (Å²) in [7, 11) is 0. The van der Waals surface area contributed by atoms with E-state index >= 15 is 0 Å². The molecule has 1 aliphatic heterocycles. The van der Waals surface area contributed by atoms with E-state index < -0.39 is 0 Å². The van der Waals surface area contributed by atoms with Crippen molar-refractivity contribution in [2.24, 2.45) is 4.99 Å². The second kappa shape index (κ2) is 9.70. The maximum atomic E-state index is 13.8. The predicted molar refractivity (Wildman–Crippen MR) is 149 cm³/mol. The summed E-state index contributed by atoms with van der Waals surface area (Å²) in [5.74, 6) is 0. The molecule has 3 nitrogen and oxygen atoms in total. The second-order valence-corrected chi connectivity index (χ2v) is 10.9. The molecule has 0 saturated heterocycles. The van der Waals surface area contributed by atoms with E-state index in [2.05, 4.69) is 6.08 Å². The number of hydrogen-bond acceptors (Lipinski definition) is 3. The van der Waals surface area contributed by atoms with Crippen LogP contribution in [-0.4, -0.2) is 4.57 Å². The molecular formula is C30H22Cl2N2OS. The zero-order valence-electron chi connectivity index (χ0n) is 19.3. The maximum absolute atomic E-state index is 13.8. The first kappa shape index (κ1) is 23.2. The molecule has 2 heterocycles. The van der Waals surface area contributed by atoms with Crippen LogP contribution in [0.5, 0.6) is 0 Å². The van der Waals surface area contributed by atoms with Crippen LogP contribution in [-0.2, 0) is 0 Å². The van der Waals surface area contributed by atoms with Crippen LogP contribution >= 0.6 is 34.5 Å². The van der Waals surface area contributed by atoms with E-state index in [4.69, 9.17) is 28.2 Å². The molecule has 4 aromatic rings. The Labute approximate surface area is 223 Å². The molecule has 6 heteroatoms. The van der Waals surface area contributed by atoms with Crippen molar-refractivity contribution < 1.29 is 0 Å². The van der Waals surface area contributed by atoms with Crippen molar-refractivity contribution in [2.75, 3.05) is 0 Å². The fraction of sp³-hybridized carbons (Fsp3) is 0.133. The molecule has 0 amide bonds. The molecule has 0 fully saturated rings. The Balaban J connectivity index is 1.58. The molecule has 1 unspecified atom stereocenters. The largest absolute Gasteiger partial charge is 0.272 e. The monoisotopic (exact) mass is 528 g/mol. The molecule has 0 N–H and O–H groups in total. The van der Waals surface area contributed by atoms with Crippen LogP contribution in [0.15, 0.2) is 105 Å². The smallest absolute Gasteiger partial charge is 0.271 e. The number of hydrogen-bond donors (Lipinski definition) is 0. The SMILES string of the molecule is O=c1/c(=C\c2ccccc2)sc2n1C(c1ccc(Cl)cc1)C1=C(N=2)/C(=C\c2ccc(Cl)cc2)CCC1. The van der Waals surface area contributed by atoms with Crippen molar-refractivity contribution in [2.45, 2.75) is 25.3 Å². The van der Waals surface area contributed by atoms with Crippen LogP contribution < -0.4 is 14.9 Å². The summed E-state index contributed by atoms with van der Waals surface area (Å²) in [4.78, 5) is 19.6. The molecular weight excluding hydrogens is 507 g/mol. The Morgan fingerprint density at radius 2 is 1.50 bits per heavy atom. The maximum Gasteiger partial charge on any atom is 0.271 e. The molecule has 36 heavy (non-hydrogen) atoms. The van der Waals surface area contributed by atoms with Crippen LogP contribution in [0.2, 0.25) is 10.0 Å². The minimum atomic E-state index is -0.208.